The predicted octanol–water partition coefficient (Wildman–Crippen LogP) is 2.69. The highest BCUT2D eigenvalue weighted by Gasteiger charge is 1.97. The van der Waals surface area contributed by atoms with Crippen molar-refractivity contribution in [1.29, 1.82) is 0 Å². The predicted molar refractivity (Wildman–Crippen MR) is 79.6 cm³/mol. The van der Waals surface area contributed by atoms with Gasteiger partial charge in [-0.3, -0.25) is 4.98 Å². The van der Waals surface area contributed by atoms with Crippen LogP contribution >= 0.6 is 11.8 Å². The van der Waals surface area contributed by atoms with E-state index < -0.39 is 0 Å². The summed E-state index contributed by atoms with van der Waals surface area (Å²) in [6, 6.07) is 12.4. The van der Waals surface area contributed by atoms with Gasteiger partial charge in [-0.05, 0) is 12.1 Å². The van der Waals surface area contributed by atoms with Crippen LogP contribution in [0.25, 0.3) is 10.9 Å². The Labute approximate surface area is 112 Å². The minimum atomic E-state index is 0.788. The van der Waals surface area contributed by atoms with Crippen molar-refractivity contribution in [3.8, 4) is 12.3 Å². The molecule has 0 saturated carbocycles. The first-order chi connectivity index (χ1) is 8.90. The molecule has 0 atom stereocenters. The molecule has 1 aromatic carbocycles. The van der Waals surface area contributed by atoms with E-state index in [9.17, 15) is 0 Å². The van der Waals surface area contributed by atoms with Gasteiger partial charge in [0.2, 0.25) is 0 Å². The molecule has 0 spiro atoms. The summed E-state index contributed by atoms with van der Waals surface area (Å²) in [4.78, 5) is 4.61. The first-order valence-corrected chi connectivity index (χ1v) is 7.12. The first-order valence-electron chi connectivity index (χ1n) is 5.97. The molecule has 0 aliphatic rings. The third-order valence-electron chi connectivity index (χ3n) is 2.57. The van der Waals surface area contributed by atoms with E-state index in [1.807, 2.05) is 18.2 Å². The molecule has 92 valence electrons. The molecule has 0 aliphatic heterocycles. The fraction of sp³-hybridized carbons (Fsp3) is 0.267. The first kappa shape index (κ1) is 12.9. The van der Waals surface area contributed by atoms with Crippen molar-refractivity contribution in [3.05, 3.63) is 42.1 Å². The van der Waals surface area contributed by atoms with Crippen LogP contribution in [-0.4, -0.2) is 23.0 Å². The Hall–Kier alpha value is -1.50. The summed E-state index contributed by atoms with van der Waals surface area (Å²) in [5.41, 5.74) is 2.13. The Balaban J connectivity index is 1.83. The smallest absolute Gasteiger partial charge is 0.0705 e. The lowest BCUT2D eigenvalue weighted by atomic mass is 10.2. The zero-order valence-corrected chi connectivity index (χ0v) is 11.0. The molecule has 18 heavy (non-hydrogen) atoms. The molecule has 0 fully saturated rings. The van der Waals surface area contributed by atoms with Gasteiger partial charge in [-0.15, -0.1) is 18.2 Å². The molecule has 0 amide bonds. The second-order valence-electron chi connectivity index (χ2n) is 3.93. The van der Waals surface area contributed by atoms with E-state index in [2.05, 4.69) is 34.4 Å². The van der Waals surface area contributed by atoms with Crippen LogP contribution in [-0.2, 0) is 6.54 Å². The van der Waals surface area contributed by atoms with Gasteiger partial charge >= 0.3 is 0 Å². The standard InChI is InChI=1S/C15H16N2S/c1-2-10-18-11-9-16-12-14-8-7-13-5-3-4-6-15(13)17-14/h1,3-8,16H,9-12H2. The largest absolute Gasteiger partial charge is 0.310 e. The van der Waals surface area contributed by atoms with Gasteiger partial charge < -0.3 is 5.32 Å². The fourth-order valence-electron chi connectivity index (χ4n) is 1.70. The SMILES string of the molecule is C#CCSCCNCc1ccc2ccccc2n1. The minimum absolute atomic E-state index is 0.788. The summed E-state index contributed by atoms with van der Waals surface area (Å²) < 4.78 is 0. The van der Waals surface area contributed by atoms with Crippen molar-refractivity contribution in [1.82, 2.24) is 10.3 Å². The number of hydrogen-bond donors (Lipinski definition) is 1. The van der Waals surface area contributed by atoms with Gasteiger partial charge in [-0.2, -0.15) is 0 Å². The van der Waals surface area contributed by atoms with Crippen molar-refractivity contribution in [2.24, 2.45) is 0 Å². The summed E-state index contributed by atoms with van der Waals surface area (Å²) in [5.74, 6) is 4.45. The lowest BCUT2D eigenvalue weighted by Gasteiger charge is -2.05. The topological polar surface area (TPSA) is 24.9 Å². The molecular weight excluding hydrogens is 240 g/mol. The third kappa shape index (κ3) is 3.76. The van der Waals surface area contributed by atoms with Gasteiger partial charge in [-0.1, -0.05) is 30.2 Å². The molecule has 1 heterocycles. The number of aromatic nitrogens is 1. The number of fused-ring (bicyclic) bond motifs is 1. The molecule has 2 aromatic rings. The highest BCUT2D eigenvalue weighted by atomic mass is 32.2. The maximum Gasteiger partial charge on any atom is 0.0705 e. The molecule has 1 aromatic heterocycles. The number of benzene rings is 1. The minimum Gasteiger partial charge on any atom is -0.310 e. The molecule has 0 unspecified atom stereocenters. The van der Waals surface area contributed by atoms with Gasteiger partial charge in [0.25, 0.3) is 0 Å². The Morgan fingerprint density at radius 1 is 1.22 bits per heavy atom. The van der Waals surface area contributed by atoms with E-state index in [-0.39, 0.29) is 0 Å². The van der Waals surface area contributed by atoms with Crippen molar-refractivity contribution in [3.63, 3.8) is 0 Å². The van der Waals surface area contributed by atoms with Crippen LogP contribution in [0.3, 0.4) is 0 Å². The van der Waals surface area contributed by atoms with Crippen LogP contribution in [0, 0.1) is 12.3 Å². The zero-order chi connectivity index (χ0) is 12.6. The summed E-state index contributed by atoms with van der Waals surface area (Å²) in [6.07, 6.45) is 5.19. The van der Waals surface area contributed by atoms with Crippen LogP contribution < -0.4 is 5.32 Å². The molecule has 1 N–H and O–H groups in total. The van der Waals surface area contributed by atoms with Crippen LogP contribution in [0.1, 0.15) is 5.69 Å². The molecule has 2 nitrogen and oxygen atoms in total. The molecule has 0 saturated heterocycles. The van der Waals surface area contributed by atoms with Gasteiger partial charge in [0, 0.05) is 24.2 Å². The number of thioether (sulfide) groups is 1. The lowest BCUT2D eigenvalue weighted by molar-refractivity contribution is 0.718. The van der Waals surface area contributed by atoms with Gasteiger partial charge in [0.15, 0.2) is 0 Å². The number of terminal acetylenes is 1. The fourth-order valence-corrected chi connectivity index (χ4v) is 2.25. The monoisotopic (exact) mass is 256 g/mol. The molecular formula is C15H16N2S. The number of rotatable bonds is 6. The Bertz CT molecular complexity index is 545. The van der Waals surface area contributed by atoms with E-state index in [1.54, 1.807) is 11.8 Å². The second kappa shape index (κ2) is 7.05. The highest BCUT2D eigenvalue weighted by Crippen LogP contribution is 2.11. The quantitative estimate of drug-likeness (QED) is 0.635. The normalized spacial score (nSPS) is 10.4. The van der Waals surface area contributed by atoms with Crippen LogP contribution in [0.2, 0.25) is 0 Å². The average Bonchev–Trinajstić information content (AvgIpc) is 2.42. The lowest BCUT2D eigenvalue weighted by Crippen LogP contribution is -2.17. The number of para-hydroxylation sites is 1. The van der Waals surface area contributed by atoms with E-state index >= 15 is 0 Å². The molecule has 2 rings (SSSR count). The zero-order valence-electron chi connectivity index (χ0n) is 10.2. The van der Waals surface area contributed by atoms with Gasteiger partial charge in [0.1, 0.15) is 0 Å². The second-order valence-corrected chi connectivity index (χ2v) is 5.03. The van der Waals surface area contributed by atoms with E-state index in [1.165, 1.54) is 5.39 Å². The van der Waals surface area contributed by atoms with E-state index in [4.69, 9.17) is 6.42 Å². The van der Waals surface area contributed by atoms with Crippen LogP contribution in [0.4, 0.5) is 0 Å². The van der Waals surface area contributed by atoms with Gasteiger partial charge in [-0.25, -0.2) is 0 Å². The number of nitrogens with one attached hydrogen (secondary N) is 1. The maximum absolute atomic E-state index is 5.19. The Morgan fingerprint density at radius 3 is 3.00 bits per heavy atom. The Kier molecular flexibility index (Phi) is 5.07. The molecule has 3 heteroatoms. The van der Waals surface area contributed by atoms with Crippen LogP contribution in [0.15, 0.2) is 36.4 Å². The maximum atomic E-state index is 5.19. The van der Waals surface area contributed by atoms with E-state index in [0.29, 0.717) is 0 Å². The molecule has 0 radical (unpaired) electrons. The third-order valence-corrected chi connectivity index (χ3v) is 3.43. The van der Waals surface area contributed by atoms with Crippen molar-refractivity contribution < 1.29 is 0 Å². The van der Waals surface area contributed by atoms with Crippen molar-refractivity contribution >= 4 is 22.7 Å². The number of pyridine rings is 1. The summed E-state index contributed by atoms with van der Waals surface area (Å²) >= 11 is 1.77. The summed E-state index contributed by atoms with van der Waals surface area (Å²) in [5, 5.41) is 4.56. The number of hydrogen-bond acceptors (Lipinski definition) is 3. The average molecular weight is 256 g/mol. The van der Waals surface area contributed by atoms with E-state index in [0.717, 1.165) is 35.8 Å². The molecule has 0 bridgehead atoms. The highest BCUT2D eigenvalue weighted by molar-refractivity contribution is 7.99. The van der Waals surface area contributed by atoms with Crippen molar-refractivity contribution in [2.75, 3.05) is 18.1 Å². The Morgan fingerprint density at radius 2 is 2.11 bits per heavy atom. The summed E-state index contributed by atoms with van der Waals surface area (Å²) in [7, 11) is 0. The van der Waals surface area contributed by atoms with Crippen LogP contribution in [0.5, 0.6) is 0 Å². The number of nitrogens with zero attached hydrogens (tertiary/aromatic N) is 1. The molecule has 0 aliphatic carbocycles. The van der Waals surface area contributed by atoms with Gasteiger partial charge in [0.05, 0.1) is 17.0 Å². The van der Waals surface area contributed by atoms with Crippen molar-refractivity contribution in [2.45, 2.75) is 6.54 Å². The summed E-state index contributed by atoms with van der Waals surface area (Å²) in [6.45, 7) is 1.77.